The van der Waals surface area contributed by atoms with E-state index >= 15 is 0 Å². The van der Waals surface area contributed by atoms with Crippen molar-refractivity contribution in [2.75, 3.05) is 6.61 Å². The van der Waals surface area contributed by atoms with Gasteiger partial charge in [-0.15, -0.1) is 0 Å². The molecule has 5 atom stereocenters. The molecule has 2 heterocycles. The number of hydrogen-bond donors (Lipinski definition) is 4. The molecule has 1 aromatic rings. The van der Waals surface area contributed by atoms with Gasteiger partial charge in [0.25, 0.3) is 0 Å². The van der Waals surface area contributed by atoms with Gasteiger partial charge in [0.2, 0.25) is 5.79 Å². The van der Waals surface area contributed by atoms with Gasteiger partial charge < -0.3 is 29.9 Å². The number of aryl methyl sites for hydroxylation is 1. The van der Waals surface area contributed by atoms with Gasteiger partial charge in [-0.2, -0.15) is 0 Å². The van der Waals surface area contributed by atoms with E-state index in [1.54, 1.807) is 6.07 Å². The summed E-state index contributed by atoms with van der Waals surface area (Å²) >= 11 is 0. The van der Waals surface area contributed by atoms with E-state index in [-0.39, 0.29) is 0 Å². The minimum Gasteiger partial charge on any atom is -0.459 e. The van der Waals surface area contributed by atoms with Crippen LogP contribution in [0, 0.1) is 0 Å². The summed E-state index contributed by atoms with van der Waals surface area (Å²) in [6.07, 6.45) is -4.18. The molecular formula is C14H18O6. The first-order valence-corrected chi connectivity index (χ1v) is 6.67. The lowest BCUT2D eigenvalue weighted by molar-refractivity contribution is -0.342. The molecule has 20 heavy (non-hydrogen) atoms. The monoisotopic (exact) mass is 282 g/mol. The molecule has 5 unspecified atom stereocenters. The van der Waals surface area contributed by atoms with Crippen LogP contribution >= 0.6 is 0 Å². The van der Waals surface area contributed by atoms with Crippen molar-refractivity contribution >= 4 is 0 Å². The number of hydrogen-bond acceptors (Lipinski definition) is 6. The van der Waals surface area contributed by atoms with E-state index in [0.29, 0.717) is 18.6 Å². The van der Waals surface area contributed by atoms with Crippen LogP contribution in [0.15, 0.2) is 24.3 Å². The Bertz CT molecular complexity index is 490. The van der Waals surface area contributed by atoms with E-state index in [1.165, 1.54) is 0 Å². The van der Waals surface area contributed by atoms with Crippen molar-refractivity contribution in [1.82, 2.24) is 0 Å². The molecule has 1 aromatic carbocycles. The quantitative estimate of drug-likeness (QED) is 0.537. The highest BCUT2D eigenvalue weighted by molar-refractivity contribution is 5.36. The minimum atomic E-state index is -1.43. The van der Waals surface area contributed by atoms with E-state index in [9.17, 15) is 20.4 Å². The maximum Gasteiger partial charge on any atom is 0.240 e. The van der Waals surface area contributed by atoms with Gasteiger partial charge >= 0.3 is 0 Å². The van der Waals surface area contributed by atoms with E-state index < -0.39 is 36.8 Å². The van der Waals surface area contributed by atoms with E-state index in [2.05, 4.69) is 0 Å². The largest absolute Gasteiger partial charge is 0.459 e. The van der Waals surface area contributed by atoms with Crippen LogP contribution in [0.25, 0.3) is 0 Å². The molecule has 2 aliphatic heterocycles. The smallest absolute Gasteiger partial charge is 0.240 e. The highest BCUT2D eigenvalue weighted by atomic mass is 16.7. The van der Waals surface area contributed by atoms with Gasteiger partial charge in [-0.05, 0) is 18.1 Å². The maximum atomic E-state index is 10.2. The average molecular weight is 282 g/mol. The molecule has 1 fully saturated rings. The predicted octanol–water partition coefficient (Wildman–Crippen LogP) is -0.818. The molecule has 0 radical (unpaired) electrons. The fourth-order valence-electron chi connectivity index (χ4n) is 2.86. The summed E-state index contributed by atoms with van der Waals surface area (Å²) in [6, 6.07) is 7.39. The Balaban J connectivity index is 1.92. The van der Waals surface area contributed by atoms with Crippen LogP contribution in [-0.2, 0) is 11.2 Å². The first kappa shape index (κ1) is 13.8. The third-order valence-electron chi connectivity index (χ3n) is 4.03. The van der Waals surface area contributed by atoms with Crippen molar-refractivity contribution in [2.24, 2.45) is 0 Å². The van der Waals surface area contributed by atoms with Gasteiger partial charge in [0.1, 0.15) is 30.2 Å². The second kappa shape index (κ2) is 4.98. The molecule has 0 saturated carbocycles. The van der Waals surface area contributed by atoms with Gasteiger partial charge in [0, 0.05) is 6.42 Å². The molecular weight excluding hydrogens is 264 g/mol. The topological polar surface area (TPSA) is 99.4 Å². The summed E-state index contributed by atoms with van der Waals surface area (Å²) < 4.78 is 11.4. The standard InChI is InChI=1S/C14H18O6/c15-7-10-11(16)12(17)13(18)14(20-10)6-5-8-3-1-2-4-9(8)19-14/h1-4,10-13,15-18H,5-7H2. The van der Waals surface area contributed by atoms with Crippen molar-refractivity contribution in [3.8, 4) is 5.75 Å². The lowest BCUT2D eigenvalue weighted by atomic mass is 9.87. The van der Waals surface area contributed by atoms with Crippen LogP contribution in [-0.4, -0.2) is 57.2 Å². The van der Waals surface area contributed by atoms with Gasteiger partial charge in [0.15, 0.2) is 0 Å². The first-order chi connectivity index (χ1) is 9.57. The molecule has 2 aliphatic rings. The number of rotatable bonds is 1. The summed E-state index contributed by atoms with van der Waals surface area (Å²) in [5.41, 5.74) is 0.995. The third-order valence-corrected chi connectivity index (χ3v) is 4.03. The van der Waals surface area contributed by atoms with Crippen LogP contribution in [0.5, 0.6) is 5.75 Å². The van der Waals surface area contributed by atoms with Crippen molar-refractivity contribution in [1.29, 1.82) is 0 Å². The number of aliphatic hydroxyl groups excluding tert-OH is 4. The summed E-state index contributed by atoms with van der Waals surface area (Å²) in [6.45, 7) is -0.461. The normalized spacial score (nSPS) is 40.2. The number of ether oxygens (including phenoxy) is 2. The Morgan fingerprint density at radius 3 is 2.65 bits per heavy atom. The molecule has 0 amide bonds. The molecule has 0 aliphatic carbocycles. The Kier molecular flexibility index (Phi) is 3.43. The summed E-state index contributed by atoms with van der Waals surface area (Å²) in [4.78, 5) is 0. The molecule has 4 N–H and O–H groups in total. The molecule has 6 heteroatoms. The molecule has 1 saturated heterocycles. The lowest BCUT2D eigenvalue weighted by Crippen LogP contribution is -2.68. The van der Waals surface area contributed by atoms with Gasteiger partial charge in [-0.3, -0.25) is 0 Å². The van der Waals surface area contributed by atoms with Crippen LogP contribution in [0.4, 0.5) is 0 Å². The Morgan fingerprint density at radius 1 is 1.15 bits per heavy atom. The van der Waals surface area contributed by atoms with E-state index in [0.717, 1.165) is 5.56 Å². The van der Waals surface area contributed by atoms with Gasteiger partial charge in [-0.25, -0.2) is 0 Å². The molecule has 3 rings (SSSR count). The number of fused-ring (bicyclic) bond motifs is 1. The third kappa shape index (κ3) is 2.01. The Labute approximate surface area is 116 Å². The lowest BCUT2D eigenvalue weighted by Gasteiger charge is -2.49. The molecule has 110 valence electrons. The van der Waals surface area contributed by atoms with Crippen LogP contribution in [0.3, 0.4) is 0 Å². The fourth-order valence-corrected chi connectivity index (χ4v) is 2.86. The Hall–Kier alpha value is -1.18. The van der Waals surface area contributed by atoms with E-state index in [4.69, 9.17) is 9.47 Å². The summed E-state index contributed by atoms with van der Waals surface area (Å²) in [7, 11) is 0. The maximum absolute atomic E-state index is 10.2. The number of para-hydroxylation sites is 1. The zero-order chi connectivity index (χ0) is 14.3. The fraction of sp³-hybridized carbons (Fsp3) is 0.571. The zero-order valence-corrected chi connectivity index (χ0v) is 10.8. The highest BCUT2D eigenvalue weighted by Crippen LogP contribution is 2.40. The summed E-state index contributed by atoms with van der Waals surface area (Å²) in [5.74, 6) is -0.849. The Morgan fingerprint density at radius 2 is 1.90 bits per heavy atom. The second-order valence-electron chi connectivity index (χ2n) is 5.29. The SMILES string of the molecule is OCC1OC2(CCc3ccccc3O2)C(O)C(O)C1O. The van der Waals surface area contributed by atoms with Crippen LogP contribution in [0.2, 0.25) is 0 Å². The first-order valence-electron chi connectivity index (χ1n) is 6.67. The molecule has 0 bridgehead atoms. The molecule has 0 aromatic heterocycles. The molecule has 1 spiro atoms. The second-order valence-corrected chi connectivity index (χ2v) is 5.29. The van der Waals surface area contributed by atoms with Crippen molar-refractivity contribution in [3.05, 3.63) is 29.8 Å². The van der Waals surface area contributed by atoms with Gasteiger partial charge in [0.05, 0.1) is 6.61 Å². The van der Waals surface area contributed by atoms with Crippen LogP contribution < -0.4 is 4.74 Å². The number of benzene rings is 1. The van der Waals surface area contributed by atoms with Crippen molar-refractivity contribution in [3.63, 3.8) is 0 Å². The van der Waals surface area contributed by atoms with E-state index in [1.807, 2.05) is 18.2 Å². The minimum absolute atomic E-state index is 0.339. The zero-order valence-electron chi connectivity index (χ0n) is 10.8. The van der Waals surface area contributed by atoms with Crippen molar-refractivity contribution < 1.29 is 29.9 Å². The van der Waals surface area contributed by atoms with Crippen LogP contribution in [0.1, 0.15) is 12.0 Å². The van der Waals surface area contributed by atoms with Gasteiger partial charge in [-0.1, -0.05) is 18.2 Å². The molecule has 6 nitrogen and oxygen atoms in total. The summed E-state index contributed by atoms with van der Waals surface area (Å²) in [5, 5.41) is 39.2. The predicted molar refractivity (Wildman–Crippen MR) is 68.1 cm³/mol. The van der Waals surface area contributed by atoms with Crippen molar-refractivity contribution in [2.45, 2.75) is 43.0 Å². The highest BCUT2D eigenvalue weighted by Gasteiger charge is 2.56. The average Bonchev–Trinajstić information content (AvgIpc) is 2.49. The number of aliphatic hydroxyl groups is 4.